The highest BCUT2D eigenvalue weighted by atomic mass is 35.5. The van der Waals surface area contributed by atoms with E-state index in [-0.39, 0.29) is 0 Å². The number of nitrogens with one attached hydrogen (secondary N) is 1. The van der Waals surface area contributed by atoms with E-state index in [1.165, 1.54) is 0 Å². The summed E-state index contributed by atoms with van der Waals surface area (Å²) in [6, 6.07) is 0. The van der Waals surface area contributed by atoms with Gasteiger partial charge in [-0.25, -0.2) is 13.1 Å². The lowest BCUT2D eigenvalue weighted by atomic mass is 10.1. The van der Waals surface area contributed by atoms with E-state index in [1.54, 1.807) is 0 Å². The van der Waals surface area contributed by atoms with Crippen LogP contribution in [0.3, 0.4) is 0 Å². The van der Waals surface area contributed by atoms with E-state index in [4.69, 9.17) is 11.6 Å². The average molecular weight is 200 g/mol. The van der Waals surface area contributed by atoms with Gasteiger partial charge in [-0.15, -0.1) is 11.6 Å². The van der Waals surface area contributed by atoms with Crippen LogP contribution in [0, 0.1) is 5.92 Å². The van der Waals surface area contributed by atoms with Crippen molar-refractivity contribution >= 4 is 21.6 Å². The first-order chi connectivity index (χ1) is 4.95. The summed E-state index contributed by atoms with van der Waals surface area (Å²) >= 11 is 5.47. The van der Waals surface area contributed by atoms with Crippen LogP contribution in [-0.2, 0) is 10.0 Å². The minimum atomic E-state index is -3.03. The summed E-state index contributed by atoms with van der Waals surface area (Å²) in [6.45, 7) is 2.44. The van der Waals surface area contributed by atoms with E-state index >= 15 is 0 Å². The van der Waals surface area contributed by atoms with Gasteiger partial charge in [0.15, 0.2) is 0 Å². The fraction of sp³-hybridized carbons (Fsp3) is 1.00. The lowest BCUT2D eigenvalue weighted by Gasteiger charge is -2.08. The highest BCUT2D eigenvalue weighted by Gasteiger charge is 2.04. The molecule has 5 heteroatoms. The van der Waals surface area contributed by atoms with Crippen molar-refractivity contribution in [1.82, 2.24) is 4.72 Å². The van der Waals surface area contributed by atoms with Crippen LogP contribution in [0.2, 0.25) is 0 Å². The second-order valence-corrected chi connectivity index (χ2v) is 4.91. The molecule has 0 aliphatic carbocycles. The standard InChI is InChI=1S/C6H14ClNO2S/c1-6(3-4-7)5-8-11(2,9)10/h6,8H,3-5H2,1-2H3. The SMILES string of the molecule is CC(CCCl)CNS(C)(=O)=O. The number of alkyl halides is 1. The second-order valence-electron chi connectivity index (χ2n) is 2.70. The quantitative estimate of drug-likeness (QED) is 0.666. The van der Waals surface area contributed by atoms with Crippen LogP contribution in [0.5, 0.6) is 0 Å². The van der Waals surface area contributed by atoms with Gasteiger partial charge in [-0.3, -0.25) is 0 Å². The van der Waals surface area contributed by atoms with E-state index in [0.29, 0.717) is 18.3 Å². The lowest BCUT2D eigenvalue weighted by molar-refractivity contribution is 0.533. The van der Waals surface area contributed by atoms with Crippen LogP contribution in [-0.4, -0.2) is 27.1 Å². The Hall–Kier alpha value is 0.200. The normalized spacial score (nSPS) is 14.8. The van der Waals surface area contributed by atoms with E-state index in [1.807, 2.05) is 6.92 Å². The summed E-state index contributed by atoms with van der Waals surface area (Å²) in [6.07, 6.45) is 1.99. The summed E-state index contributed by atoms with van der Waals surface area (Å²) in [4.78, 5) is 0. The van der Waals surface area contributed by atoms with Crippen molar-refractivity contribution in [3.63, 3.8) is 0 Å². The third-order valence-electron chi connectivity index (χ3n) is 1.30. The highest BCUT2D eigenvalue weighted by Crippen LogP contribution is 2.01. The Kier molecular flexibility index (Phi) is 5.04. The molecule has 0 aromatic carbocycles. The summed E-state index contributed by atoms with van der Waals surface area (Å²) < 4.78 is 23.6. The highest BCUT2D eigenvalue weighted by molar-refractivity contribution is 7.88. The van der Waals surface area contributed by atoms with Crippen molar-refractivity contribution < 1.29 is 8.42 Å². The predicted molar refractivity (Wildman–Crippen MR) is 47.3 cm³/mol. The van der Waals surface area contributed by atoms with Gasteiger partial charge in [-0.1, -0.05) is 6.92 Å². The molecule has 0 bridgehead atoms. The first-order valence-electron chi connectivity index (χ1n) is 3.46. The Morgan fingerprint density at radius 2 is 2.09 bits per heavy atom. The van der Waals surface area contributed by atoms with Gasteiger partial charge in [0.1, 0.15) is 0 Å². The Morgan fingerprint density at radius 1 is 1.55 bits per heavy atom. The molecule has 3 nitrogen and oxygen atoms in total. The second kappa shape index (κ2) is 4.95. The molecule has 0 radical (unpaired) electrons. The first-order valence-corrected chi connectivity index (χ1v) is 5.89. The van der Waals surface area contributed by atoms with E-state index < -0.39 is 10.0 Å². The fourth-order valence-electron chi connectivity index (χ4n) is 0.582. The average Bonchev–Trinajstić information content (AvgIpc) is 1.83. The summed E-state index contributed by atoms with van der Waals surface area (Å²) in [5, 5.41) is 0. The first kappa shape index (κ1) is 11.2. The Labute approximate surface area is 73.2 Å². The minimum Gasteiger partial charge on any atom is -0.215 e. The zero-order valence-corrected chi connectivity index (χ0v) is 8.37. The van der Waals surface area contributed by atoms with Crippen LogP contribution in [0.1, 0.15) is 13.3 Å². The summed E-state index contributed by atoms with van der Waals surface area (Å²) in [5.41, 5.74) is 0. The molecular weight excluding hydrogens is 186 g/mol. The van der Waals surface area contributed by atoms with Gasteiger partial charge >= 0.3 is 0 Å². The van der Waals surface area contributed by atoms with Gasteiger partial charge in [-0.2, -0.15) is 0 Å². The Morgan fingerprint density at radius 3 is 2.45 bits per heavy atom. The van der Waals surface area contributed by atoms with Crippen molar-refractivity contribution in [3.8, 4) is 0 Å². The van der Waals surface area contributed by atoms with Crippen LogP contribution < -0.4 is 4.72 Å². The molecule has 0 spiro atoms. The van der Waals surface area contributed by atoms with Crippen LogP contribution in [0.25, 0.3) is 0 Å². The van der Waals surface area contributed by atoms with E-state index in [9.17, 15) is 8.42 Å². The minimum absolute atomic E-state index is 0.308. The maximum absolute atomic E-state index is 10.6. The van der Waals surface area contributed by atoms with Crippen molar-refractivity contribution in [1.29, 1.82) is 0 Å². The van der Waals surface area contributed by atoms with E-state index in [2.05, 4.69) is 4.72 Å². The van der Waals surface area contributed by atoms with Crippen molar-refractivity contribution in [2.45, 2.75) is 13.3 Å². The van der Waals surface area contributed by atoms with Gasteiger partial charge in [0.25, 0.3) is 0 Å². The lowest BCUT2D eigenvalue weighted by Crippen LogP contribution is -2.27. The van der Waals surface area contributed by atoms with Gasteiger partial charge < -0.3 is 0 Å². The van der Waals surface area contributed by atoms with Crippen molar-refractivity contribution in [2.24, 2.45) is 5.92 Å². The molecule has 0 aliphatic heterocycles. The van der Waals surface area contributed by atoms with Gasteiger partial charge in [0, 0.05) is 12.4 Å². The van der Waals surface area contributed by atoms with Gasteiger partial charge in [-0.05, 0) is 12.3 Å². The molecule has 1 N–H and O–H groups in total. The molecule has 0 fully saturated rings. The maximum Gasteiger partial charge on any atom is 0.208 e. The fourth-order valence-corrected chi connectivity index (χ4v) is 1.54. The molecule has 0 aliphatic rings. The van der Waals surface area contributed by atoms with Crippen LogP contribution >= 0.6 is 11.6 Å². The number of rotatable bonds is 5. The van der Waals surface area contributed by atoms with Crippen LogP contribution in [0.15, 0.2) is 0 Å². The third kappa shape index (κ3) is 8.10. The maximum atomic E-state index is 10.6. The molecule has 1 unspecified atom stereocenters. The van der Waals surface area contributed by atoms with Crippen molar-refractivity contribution in [2.75, 3.05) is 18.7 Å². The molecule has 0 amide bonds. The number of hydrogen-bond donors (Lipinski definition) is 1. The summed E-state index contributed by atoms with van der Waals surface area (Å²) in [5.74, 6) is 0.884. The monoisotopic (exact) mass is 199 g/mol. The number of halogens is 1. The molecular formula is C6H14ClNO2S. The van der Waals surface area contributed by atoms with Gasteiger partial charge in [0.2, 0.25) is 10.0 Å². The molecule has 0 heterocycles. The van der Waals surface area contributed by atoms with E-state index in [0.717, 1.165) is 12.7 Å². The Balaban J connectivity index is 3.54. The number of hydrogen-bond acceptors (Lipinski definition) is 2. The molecule has 1 atom stereocenters. The molecule has 0 saturated carbocycles. The third-order valence-corrected chi connectivity index (χ3v) is 2.21. The molecule has 0 rings (SSSR count). The molecule has 0 aromatic rings. The van der Waals surface area contributed by atoms with Crippen LogP contribution in [0.4, 0.5) is 0 Å². The van der Waals surface area contributed by atoms with Gasteiger partial charge in [0.05, 0.1) is 6.26 Å². The van der Waals surface area contributed by atoms with Crippen molar-refractivity contribution in [3.05, 3.63) is 0 Å². The molecule has 0 saturated heterocycles. The molecule has 0 aromatic heterocycles. The largest absolute Gasteiger partial charge is 0.215 e. The Bertz CT molecular complexity index is 191. The summed E-state index contributed by atoms with van der Waals surface area (Å²) in [7, 11) is -3.03. The number of sulfonamides is 1. The molecule has 68 valence electrons. The zero-order chi connectivity index (χ0) is 8.91. The topological polar surface area (TPSA) is 46.2 Å². The smallest absolute Gasteiger partial charge is 0.208 e. The molecule has 11 heavy (non-hydrogen) atoms. The predicted octanol–water partition coefficient (Wildman–Crippen LogP) is 0.801. The zero-order valence-electron chi connectivity index (χ0n) is 6.80.